The number of nitrogens with one attached hydrogen (secondary N) is 1. The van der Waals surface area contributed by atoms with Gasteiger partial charge in [0.1, 0.15) is 23.4 Å². The van der Waals surface area contributed by atoms with Crippen LogP contribution in [0.2, 0.25) is 0 Å². The molecular formula is C34H48N6O5. The number of benzene rings is 2. The number of methoxy groups -OCH3 is 2. The third-order valence-corrected chi connectivity index (χ3v) is 7.61. The predicted molar refractivity (Wildman–Crippen MR) is 178 cm³/mol. The molecule has 1 N–H and O–H groups in total. The Bertz CT molecular complexity index is 1390. The Balaban J connectivity index is 1.88. The highest BCUT2D eigenvalue weighted by molar-refractivity contribution is 5.97. The summed E-state index contributed by atoms with van der Waals surface area (Å²) in [5, 5.41) is 3.18. The monoisotopic (exact) mass is 620 g/mol. The van der Waals surface area contributed by atoms with Crippen LogP contribution in [-0.4, -0.2) is 85.3 Å². The molecule has 1 heterocycles. The first-order valence-electron chi connectivity index (χ1n) is 15.4. The Kier molecular flexibility index (Phi) is 13.0. The van der Waals surface area contributed by atoms with Gasteiger partial charge in [-0.3, -0.25) is 4.79 Å². The lowest BCUT2D eigenvalue weighted by Gasteiger charge is -2.29. The average molecular weight is 621 g/mol. The molecule has 0 radical (unpaired) electrons. The minimum Gasteiger partial charge on any atom is -0.497 e. The molecule has 0 fully saturated rings. The lowest BCUT2D eigenvalue weighted by Crippen LogP contribution is -2.36. The minimum absolute atomic E-state index is 0.0457. The van der Waals surface area contributed by atoms with Gasteiger partial charge in [-0.2, -0.15) is 4.98 Å². The first-order chi connectivity index (χ1) is 21.5. The molecule has 0 aliphatic carbocycles. The molecule has 0 spiro atoms. The second-order valence-corrected chi connectivity index (χ2v) is 11.4. The summed E-state index contributed by atoms with van der Waals surface area (Å²) in [5.74, 6) is 1.70. The fourth-order valence-electron chi connectivity index (χ4n) is 5.01. The molecule has 0 bridgehead atoms. The number of amides is 2. The molecule has 0 atom stereocenters. The smallest absolute Gasteiger partial charge is 0.420 e. The van der Waals surface area contributed by atoms with Gasteiger partial charge in [-0.15, -0.1) is 0 Å². The van der Waals surface area contributed by atoms with Crippen molar-refractivity contribution in [1.82, 2.24) is 19.8 Å². The Morgan fingerprint density at radius 2 is 1.56 bits per heavy atom. The quantitative estimate of drug-likeness (QED) is 0.201. The van der Waals surface area contributed by atoms with Crippen molar-refractivity contribution < 1.29 is 23.8 Å². The Morgan fingerprint density at radius 1 is 0.889 bits per heavy atom. The first kappa shape index (κ1) is 35.1. The van der Waals surface area contributed by atoms with E-state index in [2.05, 4.69) is 34.0 Å². The lowest BCUT2D eigenvalue weighted by molar-refractivity contribution is 0.0484. The van der Waals surface area contributed by atoms with Gasteiger partial charge in [-0.25, -0.2) is 14.7 Å². The molecule has 11 heteroatoms. The van der Waals surface area contributed by atoms with Gasteiger partial charge in [0.15, 0.2) is 0 Å². The van der Waals surface area contributed by atoms with Crippen molar-refractivity contribution >= 4 is 35.1 Å². The Hall–Kier alpha value is -4.38. The van der Waals surface area contributed by atoms with Crippen LogP contribution in [-0.2, 0) is 4.74 Å². The normalized spacial score (nSPS) is 11.2. The maximum atomic E-state index is 13.8. The van der Waals surface area contributed by atoms with E-state index in [4.69, 9.17) is 14.2 Å². The number of hydrogen-bond acceptors (Lipinski definition) is 9. The molecule has 2 aromatic carbocycles. The zero-order valence-corrected chi connectivity index (χ0v) is 28.0. The number of aromatic nitrogens is 2. The Labute approximate surface area is 267 Å². The summed E-state index contributed by atoms with van der Waals surface area (Å²) in [6.07, 6.45) is 0.649. The number of rotatable bonds is 15. The van der Waals surface area contributed by atoms with Crippen LogP contribution in [0.4, 0.5) is 27.9 Å². The van der Waals surface area contributed by atoms with Gasteiger partial charge in [0.2, 0.25) is 5.95 Å². The van der Waals surface area contributed by atoms with E-state index in [1.807, 2.05) is 34.7 Å². The van der Waals surface area contributed by atoms with Crippen molar-refractivity contribution in [3.05, 3.63) is 60.3 Å². The molecule has 0 saturated carbocycles. The number of carbonyl (C=O) groups is 2. The molecule has 1 aromatic heterocycles. The van der Waals surface area contributed by atoms with Gasteiger partial charge < -0.3 is 29.3 Å². The van der Waals surface area contributed by atoms with Gasteiger partial charge in [0, 0.05) is 49.7 Å². The zero-order chi connectivity index (χ0) is 33.1. The summed E-state index contributed by atoms with van der Waals surface area (Å²) in [6.45, 7) is 15.7. The van der Waals surface area contributed by atoms with Gasteiger partial charge in [-0.05, 0) is 61.3 Å². The third-order valence-electron chi connectivity index (χ3n) is 7.61. The molecule has 0 aliphatic rings. The summed E-state index contributed by atoms with van der Waals surface area (Å²) >= 11 is 0. The zero-order valence-electron chi connectivity index (χ0n) is 28.0. The minimum atomic E-state index is -0.594. The number of hydrogen-bond donors (Lipinski definition) is 1. The van der Waals surface area contributed by atoms with Crippen molar-refractivity contribution in [3.63, 3.8) is 0 Å². The maximum Gasteiger partial charge on any atom is 0.420 e. The first-order valence-corrected chi connectivity index (χ1v) is 15.4. The number of anilines is 4. The number of nitrogens with zero attached hydrogens (tertiary/aromatic N) is 5. The van der Waals surface area contributed by atoms with Gasteiger partial charge >= 0.3 is 6.09 Å². The van der Waals surface area contributed by atoms with Crippen LogP contribution in [0, 0.1) is 11.8 Å². The van der Waals surface area contributed by atoms with E-state index in [-0.39, 0.29) is 35.6 Å². The topological polar surface area (TPSA) is 109 Å². The largest absolute Gasteiger partial charge is 0.497 e. The van der Waals surface area contributed by atoms with Crippen LogP contribution in [0.5, 0.6) is 11.5 Å². The molecule has 3 aromatic rings. The van der Waals surface area contributed by atoms with Crippen LogP contribution in [0.1, 0.15) is 51.9 Å². The van der Waals surface area contributed by atoms with E-state index in [1.54, 1.807) is 66.7 Å². The van der Waals surface area contributed by atoms with Crippen molar-refractivity contribution in [3.8, 4) is 11.5 Å². The number of likely N-dealkylation sites (N-methyl/N-ethyl adjacent to an activating group) is 2. The Morgan fingerprint density at radius 3 is 2.13 bits per heavy atom. The van der Waals surface area contributed by atoms with Crippen molar-refractivity contribution in [2.45, 2.75) is 47.6 Å². The molecule has 0 unspecified atom stereocenters. The summed E-state index contributed by atoms with van der Waals surface area (Å²) in [7, 11) is 4.90. The standard InChI is InChI=1S/C34H48N6O5/c1-10-39(11-2)21-20-38(7)32(41)25-12-14-26(15-13-25)36-33-35-19-18-30(37-33)40(34(42)45-31(23(3)4)24(5)6)28-17-16-27(43-8)22-29(28)44-9/h12-19,22-24,31H,10-11,20-21H2,1-9H3,(H,35,36,37). The van der Waals surface area contributed by atoms with Crippen molar-refractivity contribution in [1.29, 1.82) is 0 Å². The van der Waals surface area contributed by atoms with Crippen molar-refractivity contribution in [2.24, 2.45) is 11.8 Å². The summed E-state index contributed by atoms with van der Waals surface area (Å²) in [4.78, 5) is 41.2. The maximum absolute atomic E-state index is 13.8. The number of ether oxygens (including phenoxy) is 3. The highest BCUT2D eigenvalue weighted by Crippen LogP contribution is 2.37. The fourth-order valence-corrected chi connectivity index (χ4v) is 5.01. The van der Waals surface area contributed by atoms with E-state index in [1.165, 1.54) is 12.0 Å². The molecule has 0 saturated heterocycles. The van der Waals surface area contributed by atoms with Gasteiger partial charge in [0.05, 0.1) is 19.9 Å². The number of carbonyl (C=O) groups excluding carboxylic acids is 2. The third kappa shape index (κ3) is 9.31. The SMILES string of the molecule is CCN(CC)CCN(C)C(=O)c1ccc(Nc2nccc(N(C(=O)OC(C(C)C)C(C)C)c3ccc(OC)cc3OC)n2)cc1. The highest BCUT2D eigenvalue weighted by Gasteiger charge is 2.30. The molecule has 45 heavy (non-hydrogen) atoms. The molecule has 11 nitrogen and oxygen atoms in total. The van der Waals surface area contributed by atoms with E-state index in [9.17, 15) is 9.59 Å². The fraction of sp³-hybridized carbons (Fsp3) is 0.471. The van der Waals surface area contributed by atoms with Crippen LogP contribution in [0.25, 0.3) is 0 Å². The molecular weight excluding hydrogens is 572 g/mol. The van der Waals surface area contributed by atoms with Crippen LogP contribution >= 0.6 is 0 Å². The van der Waals surface area contributed by atoms with E-state index in [0.29, 0.717) is 35.0 Å². The summed E-state index contributed by atoms with van der Waals surface area (Å²) < 4.78 is 17.0. The second kappa shape index (κ2) is 16.6. The van der Waals surface area contributed by atoms with Crippen LogP contribution < -0.4 is 19.7 Å². The van der Waals surface area contributed by atoms with E-state index in [0.717, 1.165) is 19.6 Å². The average Bonchev–Trinajstić information content (AvgIpc) is 3.04. The molecule has 0 aliphatic heterocycles. The van der Waals surface area contributed by atoms with E-state index < -0.39 is 6.09 Å². The van der Waals surface area contributed by atoms with Crippen LogP contribution in [0.15, 0.2) is 54.7 Å². The molecule has 2 amide bonds. The van der Waals surface area contributed by atoms with Gasteiger partial charge in [0.25, 0.3) is 5.91 Å². The molecule has 244 valence electrons. The van der Waals surface area contributed by atoms with E-state index >= 15 is 0 Å². The van der Waals surface area contributed by atoms with Gasteiger partial charge in [-0.1, -0.05) is 41.5 Å². The van der Waals surface area contributed by atoms with Crippen LogP contribution in [0.3, 0.4) is 0 Å². The summed E-state index contributed by atoms with van der Waals surface area (Å²) in [6, 6.07) is 13.9. The highest BCUT2D eigenvalue weighted by atomic mass is 16.6. The second-order valence-electron chi connectivity index (χ2n) is 11.4. The molecule has 3 rings (SSSR count). The summed E-state index contributed by atoms with van der Waals surface area (Å²) in [5.41, 5.74) is 1.71. The lowest BCUT2D eigenvalue weighted by atomic mass is 9.96. The predicted octanol–water partition coefficient (Wildman–Crippen LogP) is 6.61. The van der Waals surface area contributed by atoms with Crippen molar-refractivity contribution in [2.75, 3.05) is 57.7 Å².